The zero-order chi connectivity index (χ0) is 16.8. The van der Waals surface area contributed by atoms with Gasteiger partial charge >= 0.3 is 0 Å². The second-order valence-corrected chi connectivity index (χ2v) is 7.23. The molecule has 6 nitrogen and oxygen atoms in total. The van der Waals surface area contributed by atoms with Crippen LogP contribution in [0.2, 0.25) is 0 Å². The third-order valence-corrected chi connectivity index (χ3v) is 4.27. The molecule has 0 spiro atoms. The number of hydrogen-bond donors (Lipinski definition) is 1. The standard InChI is InChI=1S/C15H24N2O4S/c1-12(2)13-7-5-6-8-14(13)17(22(4,19)20)11-15(18)16-9-10-21-3/h5-8,12H,9-11H2,1-4H3,(H,16,18). The Bertz CT molecular complexity index is 599. The van der Waals surface area contributed by atoms with E-state index in [1.54, 1.807) is 12.1 Å². The highest BCUT2D eigenvalue weighted by Gasteiger charge is 2.23. The fourth-order valence-electron chi connectivity index (χ4n) is 2.06. The highest BCUT2D eigenvalue weighted by molar-refractivity contribution is 7.92. The van der Waals surface area contributed by atoms with Crippen LogP contribution in [0.25, 0.3) is 0 Å². The number of benzene rings is 1. The Hall–Kier alpha value is -1.60. The summed E-state index contributed by atoms with van der Waals surface area (Å²) in [6.07, 6.45) is 1.10. The van der Waals surface area contributed by atoms with Gasteiger partial charge in [0, 0.05) is 13.7 Å². The van der Waals surface area contributed by atoms with Crippen molar-refractivity contribution in [1.29, 1.82) is 0 Å². The lowest BCUT2D eigenvalue weighted by Crippen LogP contribution is -2.41. The Labute approximate surface area is 132 Å². The number of rotatable bonds is 8. The third-order valence-electron chi connectivity index (χ3n) is 3.14. The number of nitrogens with one attached hydrogen (secondary N) is 1. The van der Waals surface area contributed by atoms with Crippen molar-refractivity contribution in [2.24, 2.45) is 0 Å². The molecule has 0 atom stereocenters. The molecule has 7 heteroatoms. The maximum atomic E-state index is 12.1. The lowest BCUT2D eigenvalue weighted by Gasteiger charge is -2.25. The lowest BCUT2D eigenvalue weighted by atomic mass is 10.0. The molecule has 22 heavy (non-hydrogen) atoms. The molecule has 0 aliphatic carbocycles. The van der Waals surface area contributed by atoms with Gasteiger partial charge in [-0.3, -0.25) is 9.10 Å². The van der Waals surface area contributed by atoms with Crippen molar-refractivity contribution in [2.45, 2.75) is 19.8 Å². The van der Waals surface area contributed by atoms with E-state index in [9.17, 15) is 13.2 Å². The summed E-state index contributed by atoms with van der Waals surface area (Å²) in [5.74, 6) is -0.210. The Kier molecular flexibility index (Phi) is 6.83. The summed E-state index contributed by atoms with van der Waals surface area (Å²) >= 11 is 0. The largest absolute Gasteiger partial charge is 0.383 e. The van der Waals surface area contributed by atoms with Crippen molar-refractivity contribution < 1.29 is 17.9 Å². The average Bonchev–Trinajstić information content (AvgIpc) is 2.44. The number of methoxy groups -OCH3 is 1. The molecule has 1 aromatic carbocycles. The van der Waals surface area contributed by atoms with E-state index in [2.05, 4.69) is 5.32 Å². The molecule has 0 heterocycles. The molecule has 0 aromatic heterocycles. The first-order valence-corrected chi connectivity index (χ1v) is 8.94. The highest BCUT2D eigenvalue weighted by atomic mass is 32.2. The molecule has 124 valence electrons. The van der Waals surface area contributed by atoms with E-state index in [4.69, 9.17) is 4.74 Å². The number of hydrogen-bond acceptors (Lipinski definition) is 4. The predicted octanol–water partition coefficient (Wildman–Crippen LogP) is 1.34. The van der Waals surface area contributed by atoms with Crippen LogP contribution in [0.15, 0.2) is 24.3 Å². The summed E-state index contributed by atoms with van der Waals surface area (Å²) in [7, 11) is -2.02. The number of amides is 1. The van der Waals surface area contributed by atoms with Crippen molar-refractivity contribution in [3.05, 3.63) is 29.8 Å². The van der Waals surface area contributed by atoms with Gasteiger partial charge in [0.2, 0.25) is 15.9 Å². The number of ether oxygens (including phenoxy) is 1. The molecule has 0 aliphatic rings. The van der Waals surface area contributed by atoms with Crippen molar-refractivity contribution in [1.82, 2.24) is 5.32 Å². The summed E-state index contributed by atoms with van der Waals surface area (Å²) < 4.78 is 30.2. The van der Waals surface area contributed by atoms with Gasteiger partial charge in [-0.2, -0.15) is 0 Å². The fraction of sp³-hybridized carbons (Fsp3) is 0.533. The monoisotopic (exact) mass is 328 g/mol. The van der Waals surface area contributed by atoms with E-state index in [0.29, 0.717) is 18.8 Å². The van der Waals surface area contributed by atoms with Crippen LogP contribution < -0.4 is 9.62 Å². The van der Waals surface area contributed by atoms with Gasteiger partial charge in [0.25, 0.3) is 0 Å². The molecule has 0 bridgehead atoms. The molecule has 1 amide bonds. The lowest BCUT2D eigenvalue weighted by molar-refractivity contribution is -0.119. The Morgan fingerprint density at radius 3 is 2.50 bits per heavy atom. The first-order chi connectivity index (χ1) is 10.3. The zero-order valence-corrected chi connectivity index (χ0v) is 14.3. The highest BCUT2D eigenvalue weighted by Crippen LogP contribution is 2.28. The normalized spacial score (nSPS) is 11.5. The van der Waals surface area contributed by atoms with Crippen LogP contribution >= 0.6 is 0 Å². The van der Waals surface area contributed by atoms with Gasteiger partial charge in [0.15, 0.2) is 0 Å². The number of carbonyl (C=O) groups is 1. The Morgan fingerprint density at radius 2 is 1.95 bits per heavy atom. The van der Waals surface area contributed by atoms with Gasteiger partial charge in [0.05, 0.1) is 18.6 Å². The Balaban J connectivity index is 3.03. The van der Waals surface area contributed by atoms with Gasteiger partial charge in [-0.15, -0.1) is 0 Å². The van der Waals surface area contributed by atoms with Crippen LogP contribution in [0, 0.1) is 0 Å². The third kappa shape index (κ3) is 5.31. The topological polar surface area (TPSA) is 75.7 Å². The van der Waals surface area contributed by atoms with Gasteiger partial charge in [-0.05, 0) is 17.5 Å². The summed E-state index contributed by atoms with van der Waals surface area (Å²) in [4.78, 5) is 12.0. The summed E-state index contributed by atoms with van der Waals surface area (Å²) in [5.41, 5.74) is 1.43. The molecule has 1 rings (SSSR count). The minimum Gasteiger partial charge on any atom is -0.383 e. The number of para-hydroxylation sites is 1. The summed E-state index contributed by atoms with van der Waals surface area (Å²) in [6.45, 7) is 4.45. The van der Waals surface area contributed by atoms with Crippen LogP contribution in [-0.4, -0.2) is 47.4 Å². The molecule has 0 saturated heterocycles. The fourth-order valence-corrected chi connectivity index (χ4v) is 2.94. The minimum atomic E-state index is -3.56. The zero-order valence-electron chi connectivity index (χ0n) is 13.5. The summed E-state index contributed by atoms with van der Waals surface area (Å²) in [5, 5.41) is 2.63. The predicted molar refractivity (Wildman–Crippen MR) is 87.6 cm³/mol. The first kappa shape index (κ1) is 18.4. The molecular weight excluding hydrogens is 304 g/mol. The van der Waals surface area contributed by atoms with E-state index < -0.39 is 10.0 Å². The molecule has 0 radical (unpaired) electrons. The molecule has 0 fully saturated rings. The summed E-state index contributed by atoms with van der Waals surface area (Å²) in [6, 6.07) is 7.22. The molecule has 0 unspecified atom stereocenters. The molecule has 0 saturated carbocycles. The van der Waals surface area contributed by atoms with E-state index in [-0.39, 0.29) is 18.4 Å². The van der Waals surface area contributed by atoms with Gasteiger partial charge in [0.1, 0.15) is 6.54 Å². The van der Waals surface area contributed by atoms with Gasteiger partial charge < -0.3 is 10.1 Å². The van der Waals surface area contributed by atoms with Crippen molar-refractivity contribution in [3.8, 4) is 0 Å². The minimum absolute atomic E-state index is 0.150. The average molecular weight is 328 g/mol. The molecule has 0 aliphatic heterocycles. The van der Waals surface area contributed by atoms with Crippen molar-refractivity contribution >= 4 is 21.6 Å². The van der Waals surface area contributed by atoms with Crippen LogP contribution in [0.4, 0.5) is 5.69 Å². The quantitative estimate of drug-likeness (QED) is 0.731. The van der Waals surface area contributed by atoms with Crippen LogP contribution in [0.5, 0.6) is 0 Å². The van der Waals surface area contributed by atoms with Crippen molar-refractivity contribution in [2.75, 3.05) is 37.4 Å². The maximum absolute atomic E-state index is 12.1. The van der Waals surface area contributed by atoms with E-state index in [1.165, 1.54) is 7.11 Å². The first-order valence-electron chi connectivity index (χ1n) is 7.09. The second-order valence-electron chi connectivity index (χ2n) is 5.33. The van der Waals surface area contributed by atoms with Gasteiger partial charge in [-0.1, -0.05) is 32.0 Å². The number of anilines is 1. The molecule has 1 aromatic rings. The van der Waals surface area contributed by atoms with Gasteiger partial charge in [-0.25, -0.2) is 8.42 Å². The van der Waals surface area contributed by atoms with E-state index in [1.807, 2.05) is 26.0 Å². The number of sulfonamides is 1. The second kappa shape index (κ2) is 8.14. The Morgan fingerprint density at radius 1 is 1.32 bits per heavy atom. The molecular formula is C15H24N2O4S. The van der Waals surface area contributed by atoms with E-state index in [0.717, 1.165) is 16.1 Å². The number of nitrogens with zero attached hydrogens (tertiary/aromatic N) is 1. The number of carbonyl (C=O) groups excluding carboxylic acids is 1. The smallest absolute Gasteiger partial charge is 0.240 e. The molecule has 1 N–H and O–H groups in total. The van der Waals surface area contributed by atoms with Crippen molar-refractivity contribution in [3.63, 3.8) is 0 Å². The maximum Gasteiger partial charge on any atom is 0.240 e. The van der Waals surface area contributed by atoms with Crippen LogP contribution in [0.1, 0.15) is 25.3 Å². The van der Waals surface area contributed by atoms with E-state index >= 15 is 0 Å². The SMILES string of the molecule is COCCNC(=O)CN(c1ccccc1C(C)C)S(C)(=O)=O. The van der Waals surface area contributed by atoms with Crippen LogP contribution in [-0.2, 0) is 19.6 Å². The van der Waals surface area contributed by atoms with Crippen LogP contribution in [0.3, 0.4) is 0 Å².